The lowest BCUT2D eigenvalue weighted by Gasteiger charge is -2.07. The fourth-order valence-electron chi connectivity index (χ4n) is 3.06. The average molecular weight is 425 g/mol. The van der Waals surface area contributed by atoms with Gasteiger partial charge in [-0.3, -0.25) is 9.78 Å². The number of anilines is 4. The van der Waals surface area contributed by atoms with Gasteiger partial charge in [0.25, 0.3) is 0 Å². The predicted molar refractivity (Wildman–Crippen MR) is 117 cm³/mol. The van der Waals surface area contributed by atoms with E-state index in [9.17, 15) is 9.18 Å². The van der Waals surface area contributed by atoms with Gasteiger partial charge in [0.05, 0.1) is 10.4 Å². The molecule has 0 fully saturated rings. The van der Waals surface area contributed by atoms with E-state index in [1.165, 1.54) is 12.1 Å². The molecule has 1 amide bonds. The molecule has 30 heavy (non-hydrogen) atoms. The van der Waals surface area contributed by atoms with E-state index >= 15 is 0 Å². The quantitative estimate of drug-likeness (QED) is 0.367. The molecule has 0 saturated heterocycles. The molecule has 0 atom stereocenters. The number of fused-ring (bicyclic) bond motifs is 1. The molecule has 0 radical (unpaired) electrons. The van der Waals surface area contributed by atoms with Crippen LogP contribution in [0.4, 0.5) is 27.3 Å². The van der Waals surface area contributed by atoms with E-state index in [4.69, 9.17) is 21.8 Å². The van der Waals surface area contributed by atoms with Gasteiger partial charge in [0, 0.05) is 29.6 Å². The van der Waals surface area contributed by atoms with Crippen LogP contribution in [-0.4, -0.2) is 10.9 Å². The van der Waals surface area contributed by atoms with Gasteiger partial charge in [-0.25, -0.2) is 4.39 Å². The van der Waals surface area contributed by atoms with Gasteiger partial charge in [-0.1, -0.05) is 30.7 Å². The highest BCUT2D eigenvalue weighted by molar-refractivity contribution is 6.31. The number of hydrogen-bond donors (Lipinski definition) is 3. The molecule has 2 aromatic heterocycles. The van der Waals surface area contributed by atoms with Crippen molar-refractivity contribution < 1.29 is 13.6 Å². The minimum Gasteiger partial charge on any atom is -0.436 e. The molecule has 152 valence electrons. The number of rotatable bonds is 5. The van der Waals surface area contributed by atoms with Crippen LogP contribution in [-0.2, 0) is 4.79 Å². The van der Waals surface area contributed by atoms with Crippen LogP contribution in [0.15, 0.2) is 59.1 Å². The molecule has 4 rings (SSSR count). The molecule has 4 N–H and O–H groups in total. The van der Waals surface area contributed by atoms with Crippen molar-refractivity contribution in [2.75, 3.05) is 16.4 Å². The Balaban J connectivity index is 1.70. The van der Waals surface area contributed by atoms with Crippen LogP contribution < -0.4 is 16.4 Å². The smallest absolute Gasteiger partial charge is 0.224 e. The number of halogens is 2. The van der Waals surface area contributed by atoms with Gasteiger partial charge in [0.1, 0.15) is 17.2 Å². The normalized spacial score (nSPS) is 10.9. The Kier molecular flexibility index (Phi) is 5.29. The first-order chi connectivity index (χ1) is 14.5. The fourth-order valence-corrected chi connectivity index (χ4v) is 3.24. The highest BCUT2D eigenvalue weighted by Crippen LogP contribution is 2.39. The molecule has 0 bridgehead atoms. The highest BCUT2D eigenvalue weighted by Gasteiger charge is 2.17. The third-order valence-corrected chi connectivity index (χ3v) is 4.87. The zero-order valence-electron chi connectivity index (χ0n) is 16.0. The predicted octanol–water partition coefficient (Wildman–Crippen LogP) is 5.96. The van der Waals surface area contributed by atoms with E-state index in [1.807, 2.05) is 12.1 Å². The summed E-state index contributed by atoms with van der Waals surface area (Å²) < 4.78 is 19.2. The Labute approximate surface area is 176 Å². The first-order valence-electron chi connectivity index (χ1n) is 9.25. The summed E-state index contributed by atoms with van der Waals surface area (Å²) in [7, 11) is 0. The summed E-state index contributed by atoms with van der Waals surface area (Å²) in [5.41, 5.74) is 9.84. The van der Waals surface area contributed by atoms with E-state index in [-0.39, 0.29) is 16.8 Å². The molecule has 0 saturated carbocycles. The number of pyridine rings is 1. The molecule has 6 nitrogen and oxygen atoms in total. The van der Waals surface area contributed by atoms with Crippen molar-refractivity contribution in [3.05, 3.63) is 65.6 Å². The lowest BCUT2D eigenvalue weighted by atomic mass is 10.1. The number of aromatic nitrogens is 1. The number of nitrogens with zero attached hydrogens (tertiary/aromatic N) is 1. The zero-order chi connectivity index (χ0) is 21.3. The van der Waals surface area contributed by atoms with Gasteiger partial charge in [-0.15, -0.1) is 0 Å². The lowest BCUT2D eigenvalue weighted by molar-refractivity contribution is -0.115. The van der Waals surface area contributed by atoms with Crippen molar-refractivity contribution in [2.24, 2.45) is 0 Å². The van der Waals surface area contributed by atoms with Gasteiger partial charge >= 0.3 is 0 Å². The number of nitrogen functional groups attached to an aromatic ring is 1. The van der Waals surface area contributed by atoms with Gasteiger partial charge in [0.15, 0.2) is 5.58 Å². The first kappa shape index (κ1) is 19.7. The molecular formula is C22H18ClFN4O2. The second-order valence-corrected chi connectivity index (χ2v) is 7.02. The Morgan fingerprint density at radius 2 is 1.90 bits per heavy atom. The maximum atomic E-state index is 13.4. The molecule has 0 spiro atoms. The first-order valence-corrected chi connectivity index (χ1v) is 9.63. The number of benzene rings is 2. The number of nitrogens with one attached hydrogen (secondary N) is 2. The van der Waals surface area contributed by atoms with Gasteiger partial charge in [-0.05, 0) is 36.4 Å². The second kappa shape index (κ2) is 8.04. The molecule has 2 heterocycles. The zero-order valence-corrected chi connectivity index (χ0v) is 16.8. The maximum Gasteiger partial charge on any atom is 0.224 e. The monoisotopic (exact) mass is 424 g/mol. The van der Waals surface area contributed by atoms with E-state index in [0.717, 1.165) is 10.9 Å². The summed E-state index contributed by atoms with van der Waals surface area (Å²) in [6, 6.07) is 13.4. The Morgan fingerprint density at radius 3 is 2.60 bits per heavy atom. The largest absolute Gasteiger partial charge is 0.436 e. The van der Waals surface area contributed by atoms with Crippen LogP contribution in [0.1, 0.15) is 13.3 Å². The molecule has 0 unspecified atom stereocenters. The molecule has 2 aromatic carbocycles. The lowest BCUT2D eigenvalue weighted by Crippen LogP contribution is -2.09. The Hall–Kier alpha value is -3.58. The summed E-state index contributed by atoms with van der Waals surface area (Å²) in [6.07, 6.45) is 2.06. The average Bonchev–Trinajstić information content (AvgIpc) is 3.06. The van der Waals surface area contributed by atoms with Gasteiger partial charge in [-0.2, -0.15) is 0 Å². The van der Waals surface area contributed by atoms with Crippen LogP contribution in [0, 0.1) is 5.82 Å². The highest BCUT2D eigenvalue weighted by atomic mass is 35.5. The number of furan rings is 1. The van der Waals surface area contributed by atoms with Gasteiger partial charge < -0.3 is 20.8 Å². The topological polar surface area (TPSA) is 93.2 Å². The van der Waals surface area contributed by atoms with Crippen LogP contribution >= 0.6 is 11.6 Å². The van der Waals surface area contributed by atoms with Crippen molar-refractivity contribution in [3.63, 3.8) is 0 Å². The molecule has 8 heteroatoms. The minimum atomic E-state index is -0.503. The Bertz CT molecular complexity index is 1240. The van der Waals surface area contributed by atoms with Gasteiger partial charge in [0.2, 0.25) is 11.8 Å². The summed E-state index contributed by atoms with van der Waals surface area (Å²) >= 11 is 5.86. The molecular weight excluding hydrogens is 407 g/mol. The SMILES string of the molecule is CCC(=O)Nc1ccc(-c2nccc3c(Nc4ccc(F)c(Cl)c4)c(N)oc23)cc1. The summed E-state index contributed by atoms with van der Waals surface area (Å²) in [5, 5.41) is 6.67. The van der Waals surface area contributed by atoms with Crippen molar-refractivity contribution in [1.82, 2.24) is 4.98 Å². The minimum absolute atomic E-state index is 0.00369. The van der Waals surface area contributed by atoms with E-state index in [0.29, 0.717) is 34.8 Å². The van der Waals surface area contributed by atoms with Crippen molar-refractivity contribution >= 4 is 51.4 Å². The summed E-state index contributed by atoms with van der Waals surface area (Å²) in [5.74, 6) is -0.387. The third kappa shape index (κ3) is 3.79. The second-order valence-electron chi connectivity index (χ2n) is 6.61. The standard InChI is InChI=1S/C22H18ClFN4O2/c1-2-18(29)27-13-5-3-12(4-6-13)19-21-15(9-10-26-19)20(22(25)30-21)28-14-7-8-17(24)16(23)11-14/h3-11,28H,2,25H2,1H3,(H,27,29). The number of carbonyl (C=O) groups is 1. The Morgan fingerprint density at radius 1 is 1.17 bits per heavy atom. The summed E-state index contributed by atoms with van der Waals surface area (Å²) in [4.78, 5) is 16.0. The summed E-state index contributed by atoms with van der Waals surface area (Å²) in [6.45, 7) is 1.79. The van der Waals surface area contributed by atoms with Crippen LogP contribution in [0.5, 0.6) is 0 Å². The van der Waals surface area contributed by atoms with Crippen LogP contribution in [0.2, 0.25) is 5.02 Å². The number of carbonyl (C=O) groups excluding carboxylic acids is 1. The third-order valence-electron chi connectivity index (χ3n) is 4.58. The molecule has 0 aliphatic heterocycles. The van der Waals surface area contributed by atoms with E-state index in [2.05, 4.69) is 15.6 Å². The molecule has 4 aromatic rings. The van der Waals surface area contributed by atoms with Crippen molar-refractivity contribution in [3.8, 4) is 11.3 Å². The number of hydrogen-bond acceptors (Lipinski definition) is 5. The fraction of sp³-hybridized carbons (Fsp3) is 0.0909. The van der Waals surface area contributed by atoms with Crippen LogP contribution in [0.25, 0.3) is 22.2 Å². The van der Waals surface area contributed by atoms with Crippen LogP contribution in [0.3, 0.4) is 0 Å². The number of nitrogens with two attached hydrogens (primary N) is 1. The maximum absolute atomic E-state index is 13.4. The number of amides is 1. The van der Waals surface area contributed by atoms with E-state index in [1.54, 1.807) is 37.4 Å². The van der Waals surface area contributed by atoms with Crippen molar-refractivity contribution in [2.45, 2.75) is 13.3 Å². The molecule has 0 aliphatic carbocycles. The molecule has 0 aliphatic rings. The van der Waals surface area contributed by atoms with E-state index < -0.39 is 5.82 Å². The van der Waals surface area contributed by atoms with Crippen molar-refractivity contribution in [1.29, 1.82) is 0 Å².